The topological polar surface area (TPSA) is 91.8 Å². The smallest absolute Gasteiger partial charge is 0.283 e. The van der Waals surface area contributed by atoms with Crippen LogP contribution < -0.4 is 0 Å². The maximum Gasteiger partial charge on any atom is 0.283 e. The highest BCUT2D eigenvalue weighted by Gasteiger charge is 2.29. The van der Waals surface area contributed by atoms with Crippen LogP contribution in [0.15, 0.2) is 0 Å². The lowest BCUT2D eigenvalue weighted by molar-refractivity contribution is -0.127. The Kier molecular flexibility index (Phi) is 2.16. The van der Waals surface area contributed by atoms with Gasteiger partial charge in [-0.2, -0.15) is 8.42 Å². The van der Waals surface area contributed by atoms with Crippen LogP contribution in [0.25, 0.3) is 0 Å². The van der Waals surface area contributed by atoms with E-state index in [0.29, 0.717) is 0 Å². The van der Waals surface area contributed by atoms with Gasteiger partial charge in [-0.1, -0.05) is 0 Å². The molecule has 1 saturated heterocycles. The van der Waals surface area contributed by atoms with Crippen molar-refractivity contribution in [3.63, 3.8) is 0 Å². The van der Waals surface area contributed by atoms with Crippen molar-refractivity contribution in [1.82, 2.24) is 4.90 Å². The van der Waals surface area contributed by atoms with Crippen molar-refractivity contribution < 1.29 is 22.6 Å². The standard InChI is InChI=1S/C5H7NO5S/c7-4-1-5(8)6(2-4)3-12(9,10)11/h1-3H2,(H,9,10,11). The van der Waals surface area contributed by atoms with E-state index < -0.39 is 21.9 Å². The first kappa shape index (κ1) is 9.14. The number of hydrogen-bond acceptors (Lipinski definition) is 4. The van der Waals surface area contributed by atoms with Gasteiger partial charge in [-0.15, -0.1) is 0 Å². The zero-order chi connectivity index (χ0) is 9.35. The molecule has 1 N–H and O–H groups in total. The van der Waals surface area contributed by atoms with E-state index in [0.717, 1.165) is 4.90 Å². The minimum Gasteiger partial charge on any atom is -0.318 e. The van der Waals surface area contributed by atoms with E-state index in [9.17, 15) is 18.0 Å². The van der Waals surface area contributed by atoms with Crippen LogP contribution >= 0.6 is 0 Å². The van der Waals surface area contributed by atoms with E-state index in [1.165, 1.54) is 0 Å². The molecule has 7 heteroatoms. The molecule has 6 nitrogen and oxygen atoms in total. The highest BCUT2D eigenvalue weighted by Crippen LogP contribution is 2.06. The summed E-state index contributed by atoms with van der Waals surface area (Å²) in [5.74, 6) is -1.68. The maximum atomic E-state index is 10.8. The van der Waals surface area contributed by atoms with Crippen LogP contribution in [-0.4, -0.2) is 42.0 Å². The number of hydrogen-bond donors (Lipinski definition) is 1. The second kappa shape index (κ2) is 2.83. The van der Waals surface area contributed by atoms with Crippen LogP contribution in [-0.2, 0) is 19.7 Å². The third-order valence-electron chi connectivity index (χ3n) is 1.39. The number of likely N-dealkylation sites (tertiary alicyclic amines) is 1. The predicted octanol–water partition coefficient (Wildman–Crippen LogP) is -1.37. The molecule has 1 aliphatic rings. The van der Waals surface area contributed by atoms with Crippen molar-refractivity contribution in [3.05, 3.63) is 0 Å². The molecule has 0 aliphatic carbocycles. The Bertz CT molecular complexity index is 319. The van der Waals surface area contributed by atoms with E-state index in [1.807, 2.05) is 0 Å². The third kappa shape index (κ3) is 2.28. The van der Waals surface area contributed by atoms with Crippen molar-refractivity contribution in [2.24, 2.45) is 0 Å². The first-order valence-corrected chi connectivity index (χ1v) is 4.74. The van der Waals surface area contributed by atoms with Gasteiger partial charge in [-0.25, -0.2) is 0 Å². The highest BCUT2D eigenvalue weighted by atomic mass is 32.2. The van der Waals surface area contributed by atoms with Gasteiger partial charge in [0.1, 0.15) is 5.88 Å². The molecule has 1 aliphatic heterocycles. The zero-order valence-electron chi connectivity index (χ0n) is 6.06. The molecule has 1 amide bonds. The molecule has 1 heterocycles. The summed E-state index contributed by atoms with van der Waals surface area (Å²) in [6.07, 6.45) is -0.268. The van der Waals surface area contributed by atoms with Gasteiger partial charge in [0.2, 0.25) is 5.91 Å². The van der Waals surface area contributed by atoms with Crippen molar-refractivity contribution in [2.45, 2.75) is 6.42 Å². The van der Waals surface area contributed by atoms with E-state index >= 15 is 0 Å². The van der Waals surface area contributed by atoms with Crippen LogP contribution in [0.1, 0.15) is 6.42 Å². The average molecular weight is 193 g/mol. The van der Waals surface area contributed by atoms with E-state index in [2.05, 4.69) is 0 Å². The summed E-state index contributed by atoms with van der Waals surface area (Å²) in [7, 11) is -4.21. The molecule has 1 fully saturated rings. The van der Waals surface area contributed by atoms with Gasteiger partial charge in [-0.3, -0.25) is 14.1 Å². The normalized spacial score (nSPS) is 18.9. The Morgan fingerprint density at radius 2 is 2.00 bits per heavy atom. The predicted molar refractivity (Wildman–Crippen MR) is 37.8 cm³/mol. The Hall–Kier alpha value is -0.950. The summed E-state index contributed by atoms with van der Waals surface area (Å²) in [5.41, 5.74) is 0. The second-order valence-corrected chi connectivity index (χ2v) is 3.94. The maximum absolute atomic E-state index is 10.8. The molecule has 0 unspecified atom stereocenters. The van der Waals surface area contributed by atoms with E-state index in [4.69, 9.17) is 4.55 Å². The number of ketones is 1. The van der Waals surface area contributed by atoms with Crippen LogP contribution in [0.3, 0.4) is 0 Å². The molecule has 1 rings (SSSR count). The highest BCUT2D eigenvalue weighted by molar-refractivity contribution is 7.85. The van der Waals surface area contributed by atoms with E-state index in [1.54, 1.807) is 0 Å². The van der Waals surface area contributed by atoms with Gasteiger partial charge in [0, 0.05) is 0 Å². The average Bonchev–Trinajstić information content (AvgIpc) is 2.06. The van der Waals surface area contributed by atoms with Crippen molar-refractivity contribution in [2.75, 3.05) is 12.4 Å². The minimum absolute atomic E-state index is 0.224. The van der Waals surface area contributed by atoms with E-state index in [-0.39, 0.29) is 18.7 Å². The molecule has 68 valence electrons. The summed E-state index contributed by atoms with van der Waals surface area (Å²) < 4.78 is 28.9. The second-order valence-electron chi connectivity index (χ2n) is 2.52. The lowest BCUT2D eigenvalue weighted by Crippen LogP contribution is -2.30. The molecular formula is C5H7NO5S. The first-order chi connectivity index (χ1) is 5.38. The molecule has 0 aromatic rings. The lowest BCUT2D eigenvalue weighted by atomic mass is 10.3. The van der Waals surface area contributed by atoms with Crippen LogP contribution in [0, 0.1) is 0 Å². The zero-order valence-corrected chi connectivity index (χ0v) is 6.87. The number of rotatable bonds is 2. The minimum atomic E-state index is -4.21. The fourth-order valence-corrected chi connectivity index (χ4v) is 1.58. The molecule has 0 aromatic carbocycles. The SMILES string of the molecule is O=C1CC(=O)N(CS(=O)(=O)O)C1. The van der Waals surface area contributed by atoms with Gasteiger partial charge >= 0.3 is 0 Å². The van der Waals surface area contributed by atoms with Gasteiger partial charge in [0.05, 0.1) is 13.0 Å². The Morgan fingerprint density at radius 1 is 1.42 bits per heavy atom. The summed E-state index contributed by atoms with van der Waals surface area (Å²) in [6.45, 7) is -0.224. The number of amides is 1. The van der Waals surface area contributed by atoms with Gasteiger partial charge in [0.15, 0.2) is 5.78 Å². The molecule has 0 saturated carbocycles. The van der Waals surface area contributed by atoms with Gasteiger partial charge in [-0.05, 0) is 0 Å². The molecule has 0 atom stereocenters. The van der Waals surface area contributed by atoms with Gasteiger partial charge < -0.3 is 4.90 Å². The molecule has 0 radical (unpaired) electrons. The molecular weight excluding hydrogens is 186 g/mol. The van der Waals surface area contributed by atoms with Crippen LogP contribution in [0.5, 0.6) is 0 Å². The largest absolute Gasteiger partial charge is 0.318 e. The summed E-state index contributed by atoms with van der Waals surface area (Å²) in [4.78, 5) is 22.2. The van der Waals surface area contributed by atoms with Gasteiger partial charge in [0.25, 0.3) is 10.1 Å². The van der Waals surface area contributed by atoms with Crippen LogP contribution in [0.4, 0.5) is 0 Å². The van der Waals surface area contributed by atoms with Crippen molar-refractivity contribution >= 4 is 21.8 Å². The summed E-state index contributed by atoms with van der Waals surface area (Å²) in [5, 5.41) is 0. The Labute approximate surface area is 68.9 Å². The number of Topliss-reactive ketones (excluding diaryl/α,β-unsaturated/α-hetero) is 1. The number of carbonyl (C=O) groups is 2. The fraction of sp³-hybridized carbons (Fsp3) is 0.600. The lowest BCUT2D eigenvalue weighted by Gasteiger charge is -2.10. The molecule has 0 aromatic heterocycles. The van der Waals surface area contributed by atoms with Crippen LogP contribution in [0.2, 0.25) is 0 Å². The quantitative estimate of drug-likeness (QED) is 0.431. The summed E-state index contributed by atoms with van der Waals surface area (Å²) >= 11 is 0. The summed E-state index contributed by atoms with van der Waals surface area (Å²) in [6, 6.07) is 0. The number of carbonyl (C=O) groups excluding carboxylic acids is 2. The third-order valence-corrected chi connectivity index (χ3v) is 2.03. The fourth-order valence-electron chi connectivity index (χ4n) is 0.952. The van der Waals surface area contributed by atoms with Crippen molar-refractivity contribution in [3.8, 4) is 0 Å². The first-order valence-electron chi connectivity index (χ1n) is 3.13. The molecule has 0 spiro atoms. The molecule has 12 heavy (non-hydrogen) atoms. The molecule has 0 bridgehead atoms. The van der Waals surface area contributed by atoms with Crippen molar-refractivity contribution in [1.29, 1.82) is 0 Å². The number of nitrogens with zero attached hydrogens (tertiary/aromatic N) is 1. The Balaban J connectivity index is 2.67. The Morgan fingerprint density at radius 3 is 2.33 bits per heavy atom. The monoisotopic (exact) mass is 193 g/mol.